The van der Waals surface area contributed by atoms with Gasteiger partial charge in [0.25, 0.3) is 5.91 Å². The highest BCUT2D eigenvalue weighted by molar-refractivity contribution is 5.95. The molecule has 2 aromatic carbocycles. The van der Waals surface area contributed by atoms with Gasteiger partial charge in [-0.3, -0.25) is 19.4 Å². The smallest absolute Gasteiger partial charge is 0.251 e. The van der Waals surface area contributed by atoms with Crippen LogP contribution in [0.4, 0.5) is 0 Å². The van der Waals surface area contributed by atoms with Gasteiger partial charge >= 0.3 is 0 Å². The second-order valence-electron chi connectivity index (χ2n) is 9.82. The first-order valence-corrected chi connectivity index (χ1v) is 12.7. The molecule has 2 aliphatic rings. The Kier molecular flexibility index (Phi) is 8.35. The molecule has 0 bridgehead atoms. The molecule has 2 fully saturated rings. The fraction of sp³-hybridized carbons (Fsp3) is 0.500. The van der Waals surface area contributed by atoms with Crippen molar-refractivity contribution in [3.05, 3.63) is 71.3 Å². The molecule has 34 heavy (non-hydrogen) atoms. The van der Waals surface area contributed by atoms with Gasteiger partial charge in [-0.15, -0.1) is 0 Å². The van der Waals surface area contributed by atoms with Gasteiger partial charge in [0.1, 0.15) is 0 Å². The third-order valence-corrected chi connectivity index (χ3v) is 7.36. The van der Waals surface area contributed by atoms with Gasteiger partial charge in [-0.2, -0.15) is 0 Å². The summed E-state index contributed by atoms with van der Waals surface area (Å²) >= 11 is 0. The van der Waals surface area contributed by atoms with Crippen molar-refractivity contribution in [2.24, 2.45) is 0 Å². The second-order valence-corrected chi connectivity index (χ2v) is 9.82. The van der Waals surface area contributed by atoms with Crippen LogP contribution in [0.3, 0.4) is 0 Å². The molecule has 2 N–H and O–H groups in total. The highest BCUT2D eigenvalue weighted by atomic mass is 16.2. The monoisotopic (exact) mass is 462 g/mol. The lowest BCUT2D eigenvalue weighted by Crippen LogP contribution is -2.54. The number of carbonyl (C=O) groups is 2. The van der Waals surface area contributed by atoms with Gasteiger partial charge in [0, 0.05) is 50.4 Å². The lowest BCUT2D eigenvalue weighted by atomic mass is 10.0. The molecule has 2 heterocycles. The van der Waals surface area contributed by atoms with Crippen molar-refractivity contribution in [1.82, 2.24) is 20.4 Å². The van der Waals surface area contributed by atoms with Gasteiger partial charge in [-0.25, -0.2) is 0 Å². The standard InChI is InChI=1S/C28H38N4O2/c1-21-8-6-7-11-26(21)28(34)30-25-14-18-32(19-15-25)22(2)27(33)29-24-12-16-31(17-13-24)20-23-9-4-3-5-10-23/h3-11,22,24-25H,12-20H2,1-2H3,(H,29,33)(H,30,34). The second kappa shape index (κ2) is 11.6. The Morgan fingerprint density at radius 1 is 0.853 bits per heavy atom. The van der Waals surface area contributed by atoms with Crippen LogP contribution in [-0.2, 0) is 11.3 Å². The van der Waals surface area contributed by atoms with Crippen LogP contribution in [0.5, 0.6) is 0 Å². The van der Waals surface area contributed by atoms with Crippen LogP contribution < -0.4 is 10.6 Å². The summed E-state index contributed by atoms with van der Waals surface area (Å²) in [5.74, 6) is 0.129. The zero-order valence-electron chi connectivity index (χ0n) is 20.5. The molecule has 2 saturated heterocycles. The lowest BCUT2D eigenvalue weighted by molar-refractivity contribution is -0.127. The van der Waals surface area contributed by atoms with E-state index < -0.39 is 0 Å². The van der Waals surface area contributed by atoms with Gasteiger partial charge in [-0.1, -0.05) is 48.5 Å². The minimum Gasteiger partial charge on any atom is -0.352 e. The maximum absolute atomic E-state index is 12.9. The number of hydrogen-bond acceptors (Lipinski definition) is 4. The summed E-state index contributed by atoms with van der Waals surface area (Å²) < 4.78 is 0. The van der Waals surface area contributed by atoms with Gasteiger partial charge in [-0.05, 0) is 56.7 Å². The summed E-state index contributed by atoms with van der Waals surface area (Å²) in [6.45, 7) is 8.62. The number of aryl methyl sites for hydroxylation is 1. The fourth-order valence-corrected chi connectivity index (χ4v) is 5.09. The number of rotatable bonds is 7. The fourth-order valence-electron chi connectivity index (χ4n) is 5.09. The van der Waals surface area contributed by atoms with Crippen molar-refractivity contribution in [3.63, 3.8) is 0 Å². The number of amides is 2. The molecule has 0 spiro atoms. The largest absolute Gasteiger partial charge is 0.352 e. The minimum atomic E-state index is -0.143. The summed E-state index contributed by atoms with van der Waals surface area (Å²) in [5.41, 5.74) is 3.08. The normalized spacial score (nSPS) is 19.5. The van der Waals surface area contributed by atoms with Crippen LogP contribution in [0.1, 0.15) is 54.1 Å². The topological polar surface area (TPSA) is 64.7 Å². The SMILES string of the molecule is Cc1ccccc1C(=O)NC1CCN(C(C)C(=O)NC2CCN(Cc3ccccc3)CC2)CC1. The molecule has 4 rings (SSSR count). The van der Waals surface area contributed by atoms with E-state index in [0.717, 1.165) is 69.5 Å². The summed E-state index contributed by atoms with van der Waals surface area (Å²) in [6, 6.07) is 18.5. The molecule has 182 valence electrons. The Morgan fingerprint density at radius 2 is 1.44 bits per heavy atom. The van der Waals surface area contributed by atoms with E-state index in [0.29, 0.717) is 0 Å². The molecule has 2 aromatic rings. The van der Waals surface area contributed by atoms with Crippen molar-refractivity contribution >= 4 is 11.8 Å². The van der Waals surface area contributed by atoms with E-state index >= 15 is 0 Å². The summed E-state index contributed by atoms with van der Waals surface area (Å²) in [5, 5.41) is 6.48. The van der Waals surface area contributed by atoms with Crippen molar-refractivity contribution in [2.75, 3.05) is 26.2 Å². The van der Waals surface area contributed by atoms with Gasteiger partial charge in [0.15, 0.2) is 0 Å². The zero-order chi connectivity index (χ0) is 23.9. The number of likely N-dealkylation sites (tertiary alicyclic amines) is 2. The molecular weight excluding hydrogens is 424 g/mol. The molecule has 2 amide bonds. The van der Waals surface area contributed by atoms with E-state index in [-0.39, 0.29) is 29.9 Å². The minimum absolute atomic E-state index is 0.000878. The zero-order valence-corrected chi connectivity index (χ0v) is 20.5. The maximum atomic E-state index is 12.9. The van der Waals surface area contributed by atoms with E-state index in [4.69, 9.17) is 0 Å². The molecule has 2 aliphatic heterocycles. The van der Waals surface area contributed by atoms with Crippen LogP contribution in [-0.4, -0.2) is 65.9 Å². The number of carbonyl (C=O) groups excluding carboxylic acids is 2. The van der Waals surface area contributed by atoms with Crippen LogP contribution in [0.2, 0.25) is 0 Å². The van der Waals surface area contributed by atoms with Crippen LogP contribution >= 0.6 is 0 Å². The quantitative estimate of drug-likeness (QED) is 0.662. The van der Waals surface area contributed by atoms with Crippen molar-refractivity contribution in [3.8, 4) is 0 Å². The average Bonchev–Trinajstić information content (AvgIpc) is 2.86. The third-order valence-electron chi connectivity index (χ3n) is 7.36. The maximum Gasteiger partial charge on any atom is 0.251 e. The first kappa shape index (κ1) is 24.4. The van der Waals surface area contributed by atoms with E-state index in [1.807, 2.05) is 38.1 Å². The highest BCUT2D eigenvalue weighted by Gasteiger charge is 2.29. The van der Waals surface area contributed by atoms with E-state index in [2.05, 4.69) is 50.8 Å². The van der Waals surface area contributed by atoms with Crippen LogP contribution in [0, 0.1) is 6.92 Å². The first-order chi connectivity index (χ1) is 16.5. The number of benzene rings is 2. The molecule has 0 aromatic heterocycles. The molecule has 1 atom stereocenters. The highest BCUT2D eigenvalue weighted by Crippen LogP contribution is 2.17. The first-order valence-electron chi connectivity index (χ1n) is 12.7. The van der Waals surface area contributed by atoms with Gasteiger partial charge in [0.2, 0.25) is 5.91 Å². The molecular formula is C28H38N4O2. The Balaban J connectivity index is 1.17. The predicted molar refractivity (Wildman–Crippen MR) is 136 cm³/mol. The number of nitrogens with one attached hydrogen (secondary N) is 2. The average molecular weight is 463 g/mol. The summed E-state index contributed by atoms with van der Waals surface area (Å²) in [7, 11) is 0. The molecule has 1 unspecified atom stereocenters. The predicted octanol–water partition coefficient (Wildman–Crippen LogP) is 3.36. The Labute approximate surface area is 203 Å². The van der Waals surface area contributed by atoms with E-state index in [9.17, 15) is 9.59 Å². The number of hydrogen-bond donors (Lipinski definition) is 2. The van der Waals surface area contributed by atoms with Crippen molar-refractivity contribution in [1.29, 1.82) is 0 Å². The summed E-state index contributed by atoms with van der Waals surface area (Å²) in [6.07, 6.45) is 3.73. The molecule has 6 nitrogen and oxygen atoms in total. The molecule has 0 saturated carbocycles. The molecule has 0 aliphatic carbocycles. The summed E-state index contributed by atoms with van der Waals surface area (Å²) in [4.78, 5) is 30.3. The number of nitrogens with zero attached hydrogens (tertiary/aromatic N) is 2. The van der Waals surface area contributed by atoms with Crippen molar-refractivity contribution in [2.45, 2.75) is 64.2 Å². The Bertz CT molecular complexity index is 948. The Hall–Kier alpha value is -2.70. The third kappa shape index (κ3) is 6.45. The van der Waals surface area contributed by atoms with Crippen molar-refractivity contribution < 1.29 is 9.59 Å². The van der Waals surface area contributed by atoms with Crippen LogP contribution in [0.25, 0.3) is 0 Å². The number of piperidine rings is 2. The Morgan fingerprint density at radius 3 is 2.12 bits per heavy atom. The van der Waals surface area contributed by atoms with Crippen LogP contribution in [0.15, 0.2) is 54.6 Å². The van der Waals surface area contributed by atoms with E-state index in [1.54, 1.807) is 0 Å². The van der Waals surface area contributed by atoms with E-state index in [1.165, 1.54) is 5.56 Å². The van der Waals surface area contributed by atoms with Gasteiger partial charge in [0.05, 0.1) is 6.04 Å². The molecule has 6 heteroatoms. The molecule has 0 radical (unpaired) electrons. The van der Waals surface area contributed by atoms with Gasteiger partial charge < -0.3 is 10.6 Å². The lowest BCUT2D eigenvalue weighted by Gasteiger charge is -2.37.